The minimum absolute atomic E-state index is 0.0464. The second-order valence-corrected chi connectivity index (χ2v) is 5.36. The van der Waals surface area contributed by atoms with Crippen molar-refractivity contribution in [2.75, 3.05) is 18.4 Å². The molecule has 1 amide bonds. The predicted octanol–water partition coefficient (Wildman–Crippen LogP) is 3.75. The van der Waals surface area contributed by atoms with E-state index in [1.807, 2.05) is 30.3 Å². The fourth-order valence-electron chi connectivity index (χ4n) is 2.18. The van der Waals surface area contributed by atoms with E-state index < -0.39 is 6.36 Å². The van der Waals surface area contributed by atoms with Crippen LogP contribution in [0.15, 0.2) is 54.6 Å². The lowest BCUT2D eigenvalue weighted by Gasteiger charge is -2.10. The van der Waals surface area contributed by atoms with Gasteiger partial charge in [-0.15, -0.1) is 13.2 Å². The maximum atomic E-state index is 12.1. The van der Waals surface area contributed by atoms with Crippen molar-refractivity contribution in [3.8, 4) is 5.75 Å². The quantitative estimate of drug-likeness (QED) is 0.712. The molecule has 0 aliphatic heterocycles. The summed E-state index contributed by atoms with van der Waals surface area (Å²) in [5.41, 5.74) is 1.75. The molecule has 0 saturated carbocycles. The summed E-state index contributed by atoms with van der Waals surface area (Å²) in [6.45, 7) is 0.610. The Labute approximate surface area is 144 Å². The Morgan fingerprint density at radius 2 is 1.68 bits per heavy atom. The van der Waals surface area contributed by atoms with Gasteiger partial charge in [0.25, 0.3) is 0 Å². The van der Waals surface area contributed by atoms with Gasteiger partial charge in [0.05, 0.1) is 6.54 Å². The van der Waals surface area contributed by atoms with E-state index in [-0.39, 0.29) is 18.2 Å². The first kappa shape index (κ1) is 18.6. The van der Waals surface area contributed by atoms with Crippen molar-refractivity contribution in [1.82, 2.24) is 5.32 Å². The van der Waals surface area contributed by atoms with Gasteiger partial charge in [-0.05, 0) is 42.7 Å². The molecule has 0 unspecified atom stereocenters. The molecule has 0 heterocycles. The van der Waals surface area contributed by atoms with Gasteiger partial charge in [-0.25, -0.2) is 0 Å². The van der Waals surface area contributed by atoms with Gasteiger partial charge < -0.3 is 15.4 Å². The first-order valence-corrected chi connectivity index (χ1v) is 7.83. The molecule has 0 aromatic heterocycles. The number of aryl methyl sites for hydroxylation is 1. The molecule has 0 aliphatic carbocycles. The molecule has 4 nitrogen and oxygen atoms in total. The van der Waals surface area contributed by atoms with Crippen molar-refractivity contribution in [1.29, 1.82) is 0 Å². The average Bonchev–Trinajstić information content (AvgIpc) is 2.58. The minimum Gasteiger partial charge on any atom is -0.406 e. The molecule has 2 rings (SSSR count). The van der Waals surface area contributed by atoms with Crippen molar-refractivity contribution >= 4 is 11.6 Å². The molecule has 25 heavy (non-hydrogen) atoms. The van der Waals surface area contributed by atoms with Gasteiger partial charge >= 0.3 is 6.36 Å². The standard InChI is InChI=1S/C18H19F3N2O2/c19-18(20,21)25-16-10-8-15(9-11-16)23-13-17(24)22-12-4-7-14-5-2-1-3-6-14/h1-3,5-6,8-11,23H,4,7,12-13H2,(H,22,24). The lowest BCUT2D eigenvalue weighted by molar-refractivity contribution is -0.274. The summed E-state index contributed by atoms with van der Waals surface area (Å²) in [5, 5.41) is 5.63. The van der Waals surface area contributed by atoms with Gasteiger partial charge in [-0.3, -0.25) is 4.79 Å². The highest BCUT2D eigenvalue weighted by atomic mass is 19.4. The van der Waals surface area contributed by atoms with Gasteiger partial charge in [0, 0.05) is 12.2 Å². The summed E-state index contributed by atoms with van der Waals surface area (Å²) in [4.78, 5) is 11.7. The number of hydrogen-bond acceptors (Lipinski definition) is 3. The van der Waals surface area contributed by atoms with Crippen LogP contribution in [-0.2, 0) is 11.2 Å². The Kier molecular flexibility index (Phi) is 6.68. The first-order valence-electron chi connectivity index (χ1n) is 7.83. The molecule has 0 spiro atoms. The molecular weight excluding hydrogens is 333 g/mol. The zero-order chi connectivity index (χ0) is 18.1. The van der Waals surface area contributed by atoms with Gasteiger partial charge in [-0.1, -0.05) is 30.3 Å². The fourth-order valence-corrected chi connectivity index (χ4v) is 2.18. The molecule has 2 N–H and O–H groups in total. The number of halogens is 3. The number of anilines is 1. The SMILES string of the molecule is O=C(CNc1ccc(OC(F)(F)F)cc1)NCCCc1ccccc1. The van der Waals surface area contributed by atoms with Gasteiger partial charge in [0.1, 0.15) is 5.75 Å². The van der Waals surface area contributed by atoms with E-state index in [2.05, 4.69) is 15.4 Å². The molecule has 0 fully saturated rings. The summed E-state index contributed by atoms with van der Waals surface area (Å²) in [7, 11) is 0. The number of nitrogens with one attached hydrogen (secondary N) is 2. The smallest absolute Gasteiger partial charge is 0.406 e. The Morgan fingerprint density at radius 3 is 2.32 bits per heavy atom. The molecule has 2 aromatic rings. The Bertz CT molecular complexity index is 658. The van der Waals surface area contributed by atoms with Crippen LogP contribution in [0.25, 0.3) is 0 Å². The second kappa shape index (κ2) is 8.96. The van der Waals surface area contributed by atoms with Crippen molar-refractivity contribution in [3.63, 3.8) is 0 Å². The summed E-state index contributed by atoms with van der Waals surface area (Å²) >= 11 is 0. The molecule has 0 bridgehead atoms. The van der Waals surface area contributed by atoms with E-state index in [9.17, 15) is 18.0 Å². The van der Waals surface area contributed by atoms with Crippen LogP contribution >= 0.6 is 0 Å². The van der Waals surface area contributed by atoms with Crippen molar-refractivity contribution in [3.05, 3.63) is 60.2 Å². The number of rotatable bonds is 8. The van der Waals surface area contributed by atoms with E-state index in [4.69, 9.17) is 0 Å². The number of hydrogen-bond donors (Lipinski definition) is 2. The van der Waals surface area contributed by atoms with Crippen LogP contribution in [0.1, 0.15) is 12.0 Å². The molecule has 0 aliphatic rings. The molecule has 134 valence electrons. The van der Waals surface area contributed by atoms with Crippen molar-refractivity contribution < 1.29 is 22.7 Å². The number of benzene rings is 2. The summed E-state index contributed by atoms with van der Waals surface area (Å²) < 4.78 is 40.0. The molecule has 2 aromatic carbocycles. The van der Waals surface area contributed by atoms with E-state index >= 15 is 0 Å². The highest BCUT2D eigenvalue weighted by Crippen LogP contribution is 2.23. The second-order valence-electron chi connectivity index (χ2n) is 5.36. The lowest BCUT2D eigenvalue weighted by atomic mass is 10.1. The zero-order valence-electron chi connectivity index (χ0n) is 13.5. The number of carbonyl (C=O) groups excluding carboxylic acids is 1. The van der Waals surface area contributed by atoms with Crippen LogP contribution in [0.2, 0.25) is 0 Å². The number of alkyl halides is 3. The number of carbonyl (C=O) groups is 1. The molecule has 7 heteroatoms. The normalized spacial score (nSPS) is 11.0. The van der Waals surface area contributed by atoms with E-state index in [0.717, 1.165) is 12.8 Å². The molecule has 0 radical (unpaired) electrons. The molecule has 0 atom stereocenters. The van der Waals surface area contributed by atoms with Crippen molar-refractivity contribution in [2.24, 2.45) is 0 Å². The van der Waals surface area contributed by atoms with Crippen LogP contribution in [-0.4, -0.2) is 25.4 Å². The van der Waals surface area contributed by atoms with Crippen LogP contribution in [0, 0.1) is 0 Å². The average molecular weight is 352 g/mol. The number of amides is 1. The van der Waals surface area contributed by atoms with Crippen LogP contribution in [0.3, 0.4) is 0 Å². The Morgan fingerprint density at radius 1 is 1.00 bits per heavy atom. The zero-order valence-corrected chi connectivity index (χ0v) is 13.5. The summed E-state index contributed by atoms with van der Waals surface area (Å²) in [6.07, 6.45) is -3.00. The third kappa shape index (κ3) is 7.60. The summed E-state index contributed by atoms with van der Waals surface area (Å²) in [6, 6.07) is 15.2. The Balaban J connectivity index is 1.64. The third-order valence-corrected chi connectivity index (χ3v) is 3.35. The summed E-state index contributed by atoms with van der Waals surface area (Å²) in [5.74, 6) is -0.480. The molecular formula is C18H19F3N2O2. The van der Waals surface area contributed by atoms with Crippen LogP contribution in [0.5, 0.6) is 5.75 Å². The largest absolute Gasteiger partial charge is 0.573 e. The van der Waals surface area contributed by atoms with Gasteiger partial charge in [-0.2, -0.15) is 0 Å². The van der Waals surface area contributed by atoms with Crippen LogP contribution < -0.4 is 15.4 Å². The number of ether oxygens (including phenoxy) is 1. The highest BCUT2D eigenvalue weighted by molar-refractivity contribution is 5.80. The minimum atomic E-state index is -4.71. The molecule has 0 saturated heterocycles. The van der Waals surface area contributed by atoms with E-state index in [0.29, 0.717) is 12.2 Å². The maximum absolute atomic E-state index is 12.1. The Hall–Kier alpha value is -2.70. The van der Waals surface area contributed by atoms with Gasteiger partial charge in [0.15, 0.2) is 0 Å². The fraction of sp³-hybridized carbons (Fsp3) is 0.278. The third-order valence-electron chi connectivity index (χ3n) is 3.35. The highest BCUT2D eigenvalue weighted by Gasteiger charge is 2.30. The lowest BCUT2D eigenvalue weighted by Crippen LogP contribution is -2.30. The van der Waals surface area contributed by atoms with Gasteiger partial charge in [0.2, 0.25) is 5.91 Å². The predicted molar refractivity (Wildman–Crippen MR) is 89.4 cm³/mol. The van der Waals surface area contributed by atoms with Crippen LogP contribution in [0.4, 0.5) is 18.9 Å². The maximum Gasteiger partial charge on any atom is 0.573 e. The monoisotopic (exact) mass is 352 g/mol. The first-order chi connectivity index (χ1) is 11.9. The van der Waals surface area contributed by atoms with Crippen molar-refractivity contribution in [2.45, 2.75) is 19.2 Å². The van der Waals surface area contributed by atoms with E-state index in [1.54, 1.807) is 0 Å². The topological polar surface area (TPSA) is 50.4 Å². The van der Waals surface area contributed by atoms with E-state index in [1.165, 1.54) is 29.8 Å².